The Kier molecular flexibility index (Phi) is 5.54. The number of aryl methyl sites for hydroxylation is 1. The highest BCUT2D eigenvalue weighted by molar-refractivity contribution is 7.17. The van der Waals surface area contributed by atoms with Gasteiger partial charge in [-0.1, -0.05) is 12.1 Å². The minimum absolute atomic E-state index is 0.0186. The number of nitrogens with two attached hydrogens (primary N) is 1. The van der Waals surface area contributed by atoms with E-state index in [1.807, 2.05) is 24.0 Å². The molecule has 2 aliphatic heterocycles. The Bertz CT molecular complexity index is 873. The molecular formula is C22H28FN3OS. The zero-order chi connectivity index (χ0) is 19.8. The van der Waals surface area contributed by atoms with Crippen LogP contribution in [0, 0.1) is 12.7 Å². The molecule has 2 aromatic rings. The maximum Gasteiger partial charge on any atom is 0.264 e. The average Bonchev–Trinajstić information content (AvgIpc) is 3.27. The summed E-state index contributed by atoms with van der Waals surface area (Å²) in [5, 5.41) is 0. The summed E-state index contributed by atoms with van der Waals surface area (Å²) < 4.78 is 14.9. The third-order valence-corrected chi connectivity index (χ3v) is 7.33. The van der Waals surface area contributed by atoms with Crippen LogP contribution in [0.1, 0.15) is 46.0 Å². The zero-order valence-electron chi connectivity index (χ0n) is 16.6. The second kappa shape index (κ2) is 7.93. The third-order valence-electron chi connectivity index (χ3n) is 6.07. The number of carbonyl (C=O) groups is 1. The summed E-state index contributed by atoms with van der Waals surface area (Å²) in [4.78, 5) is 18.5. The van der Waals surface area contributed by atoms with Gasteiger partial charge < -0.3 is 15.5 Å². The van der Waals surface area contributed by atoms with Crippen molar-refractivity contribution in [3.8, 4) is 10.4 Å². The molecule has 3 heterocycles. The second-order valence-corrected chi connectivity index (χ2v) is 9.29. The van der Waals surface area contributed by atoms with Gasteiger partial charge in [-0.25, -0.2) is 4.39 Å². The number of carbonyl (C=O) groups excluding carboxylic acids is 1. The van der Waals surface area contributed by atoms with E-state index in [4.69, 9.17) is 5.73 Å². The number of piperidine rings is 1. The quantitative estimate of drug-likeness (QED) is 0.850. The summed E-state index contributed by atoms with van der Waals surface area (Å²) in [6.45, 7) is 5.35. The molecule has 1 aromatic carbocycles. The number of halogens is 1. The number of hydrogen-bond acceptors (Lipinski definition) is 4. The molecule has 1 amide bonds. The molecule has 4 nitrogen and oxygen atoms in total. The predicted molar refractivity (Wildman–Crippen MR) is 112 cm³/mol. The first kappa shape index (κ1) is 19.6. The van der Waals surface area contributed by atoms with Crippen molar-refractivity contribution in [2.45, 2.75) is 38.1 Å². The van der Waals surface area contributed by atoms with Crippen LogP contribution in [-0.4, -0.2) is 55.0 Å². The minimum atomic E-state index is -0.195. The normalized spacial score (nSPS) is 21.4. The number of hydrogen-bond donors (Lipinski definition) is 1. The van der Waals surface area contributed by atoms with Crippen molar-refractivity contribution < 1.29 is 9.18 Å². The van der Waals surface area contributed by atoms with Gasteiger partial charge in [0, 0.05) is 29.6 Å². The molecule has 28 heavy (non-hydrogen) atoms. The van der Waals surface area contributed by atoms with Gasteiger partial charge in [-0.15, -0.1) is 11.3 Å². The molecule has 150 valence electrons. The molecule has 6 heteroatoms. The highest BCUT2D eigenvalue weighted by Gasteiger charge is 2.27. The molecule has 1 atom stereocenters. The number of likely N-dealkylation sites (tertiary alicyclic amines) is 2. The van der Waals surface area contributed by atoms with Gasteiger partial charge in [-0.05, 0) is 75.5 Å². The third kappa shape index (κ3) is 3.86. The topological polar surface area (TPSA) is 49.6 Å². The van der Waals surface area contributed by atoms with Crippen LogP contribution in [-0.2, 0) is 0 Å². The van der Waals surface area contributed by atoms with Crippen LogP contribution in [0.4, 0.5) is 4.39 Å². The smallest absolute Gasteiger partial charge is 0.264 e. The van der Waals surface area contributed by atoms with Crippen molar-refractivity contribution >= 4 is 17.2 Å². The number of amides is 1. The zero-order valence-corrected chi connectivity index (χ0v) is 17.4. The van der Waals surface area contributed by atoms with E-state index in [0.29, 0.717) is 29.4 Å². The summed E-state index contributed by atoms with van der Waals surface area (Å²) >= 11 is 1.39. The standard InChI is InChI=1S/C22H28FN3OS/c1-14-11-20(28-21(14)22(27)26-10-7-17(24)13-26)18-4-3-16(12-19(18)23)15-5-8-25(2)9-6-15/h3-4,11-12,15,17H,5-10,13,24H2,1-2H3/t17-/m0/s1. The van der Waals surface area contributed by atoms with Crippen molar-refractivity contribution in [1.82, 2.24) is 9.80 Å². The van der Waals surface area contributed by atoms with Crippen molar-refractivity contribution in [1.29, 1.82) is 0 Å². The van der Waals surface area contributed by atoms with Crippen LogP contribution in [0.5, 0.6) is 0 Å². The van der Waals surface area contributed by atoms with Gasteiger partial charge >= 0.3 is 0 Å². The predicted octanol–water partition coefficient (Wildman–Crippen LogP) is 3.85. The van der Waals surface area contributed by atoms with E-state index in [9.17, 15) is 9.18 Å². The Morgan fingerprint density at radius 1 is 1.18 bits per heavy atom. The molecule has 2 saturated heterocycles. The summed E-state index contributed by atoms with van der Waals surface area (Å²) in [5.41, 5.74) is 8.52. The summed E-state index contributed by atoms with van der Waals surface area (Å²) in [6.07, 6.45) is 2.99. The van der Waals surface area contributed by atoms with E-state index < -0.39 is 0 Å². The van der Waals surface area contributed by atoms with Gasteiger partial charge in [0.1, 0.15) is 5.82 Å². The highest BCUT2D eigenvalue weighted by atomic mass is 32.1. The lowest BCUT2D eigenvalue weighted by atomic mass is 9.89. The lowest BCUT2D eigenvalue weighted by molar-refractivity contribution is 0.0795. The molecular weight excluding hydrogens is 373 g/mol. The van der Waals surface area contributed by atoms with Gasteiger partial charge in [0.2, 0.25) is 0 Å². The largest absolute Gasteiger partial charge is 0.336 e. The van der Waals surface area contributed by atoms with E-state index >= 15 is 0 Å². The van der Waals surface area contributed by atoms with Crippen LogP contribution in [0.15, 0.2) is 24.3 Å². The van der Waals surface area contributed by atoms with Crippen molar-refractivity contribution in [2.75, 3.05) is 33.2 Å². The van der Waals surface area contributed by atoms with Gasteiger partial charge in [0.15, 0.2) is 0 Å². The molecule has 1 aromatic heterocycles. The fourth-order valence-electron chi connectivity index (χ4n) is 4.27. The lowest BCUT2D eigenvalue weighted by Gasteiger charge is -2.29. The van der Waals surface area contributed by atoms with Gasteiger partial charge in [0.25, 0.3) is 5.91 Å². The SMILES string of the molecule is Cc1cc(-c2ccc(C3CCN(C)CC3)cc2F)sc1C(=O)N1CC[C@H](N)C1. The Balaban J connectivity index is 1.55. The van der Waals surface area contributed by atoms with Crippen LogP contribution < -0.4 is 5.73 Å². The minimum Gasteiger partial charge on any atom is -0.336 e. The molecule has 0 radical (unpaired) electrons. The molecule has 2 aliphatic rings. The number of benzene rings is 1. The number of thiophene rings is 1. The van der Waals surface area contributed by atoms with Crippen LogP contribution in [0.2, 0.25) is 0 Å². The number of nitrogens with zero attached hydrogens (tertiary/aromatic N) is 2. The van der Waals surface area contributed by atoms with Crippen LogP contribution in [0.3, 0.4) is 0 Å². The summed E-state index contributed by atoms with van der Waals surface area (Å²) in [5.74, 6) is 0.256. The highest BCUT2D eigenvalue weighted by Crippen LogP contribution is 2.36. The van der Waals surface area contributed by atoms with E-state index in [1.165, 1.54) is 11.3 Å². The van der Waals surface area contributed by atoms with Crippen molar-refractivity contribution in [3.63, 3.8) is 0 Å². The van der Waals surface area contributed by atoms with Crippen LogP contribution >= 0.6 is 11.3 Å². The maximum absolute atomic E-state index is 14.9. The molecule has 0 spiro atoms. The average molecular weight is 402 g/mol. The second-order valence-electron chi connectivity index (χ2n) is 8.24. The van der Waals surface area contributed by atoms with Gasteiger partial charge in [-0.2, -0.15) is 0 Å². The summed E-state index contributed by atoms with van der Waals surface area (Å²) in [7, 11) is 2.13. The molecule has 2 fully saturated rings. The monoisotopic (exact) mass is 401 g/mol. The Hall–Kier alpha value is -1.76. The van der Waals surface area contributed by atoms with Gasteiger partial charge in [0.05, 0.1) is 4.88 Å². The molecule has 2 N–H and O–H groups in total. The fourth-order valence-corrected chi connectivity index (χ4v) is 5.44. The first-order valence-electron chi connectivity index (χ1n) is 10.1. The Morgan fingerprint density at radius 3 is 2.57 bits per heavy atom. The Morgan fingerprint density at radius 2 is 1.93 bits per heavy atom. The maximum atomic E-state index is 14.9. The van der Waals surface area contributed by atoms with E-state index in [0.717, 1.165) is 48.4 Å². The lowest BCUT2D eigenvalue weighted by Crippen LogP contribution is -2.31. The van der Waals surface area contributed by atoms with E-state index in [2.05, 4.69) is 18.0 Å². The first-order chi connectivity index (χ1) is 13.4. The molecule has 0 unspecified atom stereocenters. The van der Waals surface area contributed by atoms with E-state index in [-0.39, 0.29) is 17.8 Å². The fraction of sp³-hybridized carbons (Fsp3) is 0.500. The van der Waals surface area contributed by atoms with Crippen LogP contribution in [0.25, 0.3) is 10.4 Å². The molecule has 0 saturated carbocycles. The number of rotatable bonds is 3. The van der Waals surface area contributed by atoms with Crippen molar-refractivity contribution in [3.05, 3.63) is 46.1 Å². The molecule has 4 rings (SSSR count). The Labute approximate surface area is 170 Å². The summed E-state index contributed by atoms with van der Waals surface area (Å²) in [6, 6.07) is 7.63. The van der Waals surface area contributed by atoms with E-state index in [1.54, 1.807) is 6.07 Å². The molecule has 0 bridgehead atoms. The van der Waals surface area contributed by atoms with Gasteiger partial charge in [-0.3, -0.25) is 4.79 Å². The van der Waals surface area contributed by atoms with Crippen molar-refractivity contribution in [2.24, 2.45) is 5.73 Å². The first-order valence-corrected chi connectivity index (χ1v) is 10.9. The molecule has 0 aliphatic carbocycles.